The zero-order chi connectivity index (χ0) is 14.5. The first-order valence-corrected chi connectivity index (χ1v) is 8.29. The number of halogens is 1. The van der Waals surface area contributed by atoms with E-state index >= 15 is 0 Å². The minimum absolute atomic E-state index is 0.0854. The van der Waals surface area contributed by atoms with Crippen LogP contribution in [-0.4, -0.2) is 0 Å². The van der Waals surface area contributed by atoms with Gasteiger partial charge in [-0.3, -0.25) is 0 Å². The summed E-state index contributed by atoms with van der Waals surface area (Å²) >= 11 is 0. The van der Waals surface area contributed by atoms with Crippen molar-refractivity contribution in [3.05, 3.63) is 35.1 Å². The summed E-state index contributed by atoms with van der Waals surface area (Å²) in [5.74, 6) is 2.53. The second-order valence-electron chi connectivity index (χ2n) is 7.10. The fraction of sp³-hybridized carbons (Fsp3) is 0.684. The molecule has 1 aliphatic rings. The van der Waals surface area contributed by atoms with Crippen LogP contribution in [-0.2, 0) is 6.42 Å². The van der Waals surface area contributed by atoms with Gasteiger partial charge in [0.15, 0.2) is 0 Å². The Morgan fingerprint density at radius 2 is 1.90 bits per heavy atom. The van der Waals surface area contributed by atoms with Crippen LogP contribution in [0.5, 0.6) is 0 Å². The van der Waals surface area contributed by atoms with Crippen LogP contribution >= 0.6 is 0 Å². The maximum Gasteiger partial charge on any atom is 0.126 e. The molecule has 112 valence electrons. The van der Waals surface area contributed by atoms with Crippen LogP contribution in [0.4, 0.5) is 4.39 Å². The predicted molar refractivity (Wildman–Crippen MR) is 84.4 cm³/mol. The summed E-state index contributed by atoms with van der Waals surface area (Å²) in [5.41, 5.74) is 2.06. The van der Waals surface area contributed by atoms with Gasteiger partial charge in [0.05, 0.1) is 0 Å². The molecule has 1 aromatic rings. The third-order valence-electron chi connectivity index (χ3n) is 5.01. The molecule has 1 fully saturated rings. The van der Waals surface area contributed by atoms with Gasteiger partial charge in [-0.25, -0.2) is 4.39 Å². The molecule has 1 aromatic carbocycles. The Kier molecular flexibility index (Phi) is 5.63. The Morgan fingerprint density at radius 1 is 1.20 bits per heavy atom. The largest absolute Gasteiger partial charge is 0.207 e. The second-order valence-corrected chi connectivity index (χ2v) is 7.10. The molecule has 1 heteroatoms. The fourth-order valence-corrected chi connectivity index (χ4v) is 3.48. The van der Waals surface area contributed by atoms with Crippen molar-refractivity contribution < 1.29 is 4.39 Å². The standard InChI is InChI=1S/C19H29F/c1-14-4-7-17(8-5-14)9-6-15(2)12-18-10-11-19(20)16(3)13-18/h10-11,13-15,17H,4-9,12H2,1-3H3. The highest BCUT2D eigenvalue weighted by Crippen LogP contribution is 2.32. The molecule has 1 atom stereocenters. The average molecular weight is 276 g/mol. The van der Waals surface area contributed by atoms with Crippen molar-refractivity contribution in [3.63, 3.8) is 0 Å². The average Bonchev–Trinajstić information content (AvgIpc) is 2.42. The molecule has 0 N–H and O–H groups in total. The van der Waals surface area contributed by atoms with Crippen molar-refractivity contribution in [1.82, 2.24) is 0 Å². The van der Waals surface area contributed by atoms with Crippen molar-refractivity contribution >= 4 is 0 Å². The lowest BCUT2D eigenvalue weighted by molar-refractivity contribution is 0.262. The molecule has 0 aromatic heterocycles. The normalized spacial score (nSPS) is 24.6. The molecule has 0 heterocycles. The van der Waals surface area contributed by atoms with E-state index < -0.39 is 0 Å². The number of aryl methyl sites for hydroxylation is 1. The molecule has 0 amide bonds. The van der Waals surface area contributed by atoms with Gasteiger partial charge in [0.2, 0.25) is 0 Å². The molecule has 0 saturated heterocycles. The molecular formula is C19H29F. The summed E-state index contributed by atoms with van der Waals surface area (Å²) in [6.45, 7) is 6.58. The Labute approximate surface area is 123 Å². The molecule has 0 nitrogen and oxygen atoms in total. The zero-order valence-electron chi connectivity index (χ0n) is 13.3. The fourth-order valence-electron chi connectivity index (χ4n) is 3.48. The Morgan fingerprint density at radius 3 is 2.55 bits per heavy atom. The first-order valence-electron chi connectivity index (χ1n) is 8.29. The molecule has 20 heavy (non-hydrogen) atoms. The molecule has 0 bridgehead atoms. The molecule has 1 aliphatic carbocycles. The lowest BCUT2D eigenvalue weighted by Gasteiger charge is -2.27. The van der Waals surface area contributed by atoms with E-state index in [1.54, 1.807) is 6.07 Å². The summed E-state index contributed by atoms with van der Waals surface area (Å²) in [6, 6.07) is 5.56. The SMILES string of the molecule is Cc1cc(CC(C)CCC2CCC(C)CC2)ccc1F. The van der Waals surface area contributed by atoms with E-state index in [4.69, 9.17) is 0 Å². The van der Waals surface area contributed by atoms with E-state index in [0.29, 0.717) is 5.92 Å². The van der Waals surface area contributed by atoms with E-state index in [0.717, 1.165) is 23.8 Å². The van der Waals surface area contributed by atoms with Gasteiger partial charge < -0.3 is 0 Å². The number of hydrogen-bond acceptors (Lipinski definition) is 0. The minimum atomic E-state index is -0.0854. The third kappa shape index (κ3) is 4.61. The van der Waals surface area contributed by atoms with Crippen molar-refractivity contribution in [1.29, 1.82) is 0 Å². The van der Waals surface area contributed by atoms with Crippen LogP contribution in [0.1, 0.15) is 63.5 Å². The molecular weight excluding hydrogens is 247 g/mol. The summed E-state index contributed by atoms with van der Waals surface area (Å²) < 4.78 is 13.3. The summed E-state index contributed by atoms with van der Waals surface area (Å²) in [7, 11) is 0. The van der Waals surface area contributed by atoms with E-state index in [1.165, 1.54) is 44.1 Å². The topological polar surface area (TPSA) is 0 Å². The van der Waals surface area contributed by atoms with Crippen molar-refractivity contribution in [3.8, 4) is 0 Å². The quantitative estimate of drug-likeness (QED) is 0.626. The number of hydrogen-bond donors (Lipinski definition) is 0. The Bertz CT molecular complexity index is 416. The predicted octanol–water partition coefficient (Wildman–Crippen LogP) is 5.92. The smallest absolute Gasteiger partial charge is 0.126 e. The minimum Gasteiger partial charge on any atom is -0.207 e. The van der Waals surface area contributed by atoms with Gasteiger partial charge in [-0.15, -0.1) is 0 Å². The Hall–Kier alpha value is -0.850. The highest BCUT2D eigenvalue weighted by Gasteiger charge is 2.18. The van der Waals surface area contributed by atoms with Gasteiger partial charge >= 0.3 is 0 Å². The first-order chi connectivity index (χ1) is 9.54. The summed E-state index contributed by atoms with van der Waals surface area (Å²) in [6.07, 6.45) is 9.51. The van der Waals surface area contributed by atoms with Crippen LogP contribution in [0.3, 0.4) is 0 Å². The molecule has 0 spiro atoms. The van der Waals surface area contributed by atoms with Crippen LogP contribution in [0.25, 0.3) is 0 Å². The van der Waals surface area contributed by atoms with Crippen LogP contribution in [0, 0.1) is 30.5 Å². The van der Waals surface area contributed by atoms with E-state index in [-0.39, 0.29) is 5.82 Å². The maximum absolute atomic E-state index is 13.3. The zero-order valence-corrected chi connectivity index (χ0v) is 13.3. The van der Waals surface area contributed by atoms with E-state index in [9.17, 15) is 4.39 Å². The molecule has 0 radical (unpaired) electrons. The van der Waals surface area contributed by atoms with Crippen LogP contribution in [0.15, 0.2) is 18.2 Å². The lowest BCUT2D eigenvalue weighted by Crippen LogP contribution is -2.13. The van der Waals surface area contributed by atoms with E-state index in [2.05, 4.69) is 13.8 Å². The van der Waals surface area contributed by atoms with Crippen molar-refractivity contribution in [2.24, 2.45) is 17.8 Å². The van der Waals surface area contributed by atoms with Gasteiger partial charge in [0, 0.05) is 0 Å². The van der Waals surface area contributed by atoms with Crippen LogP contribution < -0.4 is 0 Å². The number of benzene rings is 1. The van der Waals surface area contributed by atoms with Gasteiger partial charge in [-0.05, 0) is 48.3 Å². The molecule has 1 unspecified atom stereocenters. The van der Waals surface area contributed by atoms with E-state index in [1.807, 2.05) is 19.1 Å². The van der Waals surface area contributed by atoms with Gasteiger partial charge in [0.25, 0.3) is 0 Å². The van der Waals surface area contributed by atoms with Crippen molar-refractivity contribution in [2.75, 3.05) is 0 Å². The van der Waals surface area contributed by atoms with Crippen molar-refractivity contribution in [2.45, 2.75) is 65.7 Å². The summed E-state index contributed by atoms with van der Waals surface area (Å²) in [4.78, 5) is 0. The maximum atomic E-state index is 13.3. The summed E-state index contributed by atoms with van der Waals surface area (Å²) in [5, 5.41) is 0. The lowest BCUT2D eigenvalue weighted by atomic mass is 9.79. The second kappa shape index (κ2) is 7.24. The number of rotatable bonds is 5. The molecule has 2 rings (SSSR count). The van der Waals surface area contributed by atoms with Gasteiger partial charge in [-0.1, -0.05) is 64.5 Å². The third-order valence-corrected chi connectivity index (χ3v) is 5.01. The highest BCUT2D eigenvalue weighted by atomic mass is 19.1. The van der Waals surface area contributed by atoms with Crippen LogP contribution in [0.2, 0.25) is 0 Å². The highest BCUT2D eigenvalue weighted by molar-refractivity contribution is 5.24. The molecule has 1 saturated carbocycles. The Balaban J connectivity index is 1.74. The van der Waals surface area contributed by atoms with Gasteiger partial charge in [0.1, 0.15) is 5.82 Å². The first kappa shape index (κ1) is 15.5. The monoisotopic (exact) mass is 276 g/mol. The van der Waals surface area contributed by atoms with Gasteiger partial charge in [-0.2, -0.15) is 0 Å². The molecule has 0 aliphatic heterocycles.